The van der Waals surface area contributed by atoms with Crippen LogP contribution < -0.4 is 4.90 Å². The van der Waals surface area contributed by atoms with E-state index in [9.17, 15) is 4.39 Å². The van der Waals surface area contributed by atoms with Gasteiger partial charge in [0.05, 0.1) is 16.4 Å². The Kier molecular flexibility index (Phi) is 4.90. The van der Waals surface area contributed by atoms with Crippen LogP contribution in [0.4, 0.5) is 10.2 Å². The molecular formula is C19H20FN5S. The third-order valence-corrected chi connectivity index (χ3v) is 5.36. The summed E-state index contributed by atoms with van der Waals surface area (Å²) in [6.07, 6.45) is 0. The number of hydrogen-bond acceptors (Lipinski definition) is 6. The standard InChI is InChI=1S/C19H20FN5S/c1-14-21-17(13-26-14)12-24-8-10-25(11-9-24)19-7-6-18(22-23-19)15-2-4-16(20)5-3-15/h2-7,13H,8-12H2,1H3. The maximum Gasteiger partial charge on any atom is 0.151 e. The van der Waals surface area contributed by atoms with Gasteiger partial charge >= 0.3 is 0 Å². The van der Waals surface area contributed by atoms with Crippen molar-refractivity contribution in [3.8, 4) is 11.3 Å². The molecule has 1 aromatic carbocycles. The zero-order chi connectivity index (χ0) is 17.9. The van der Waals surface area contributed by atoms with E-state index in [1.165, 1.54) is 12.1 Å². The second-order valence-electron chi connectivity index (χ2n) is 6.40. The van der Waals surface area contributed by atoms with E-state index in [-0.39, 0.29) is 5.82 Å². The number of anilines is 1. The molecule has 0 unspecified atom stereocenters. The number of aromatic nitrogens is 3. The Morgan fingerprint density at radius 3 is 2.38 bits per heavy atom. The van der Waals surface area contributed by atoms with Crippen LogP contribution in [-0.2, 0) is 6.54 Å². The zero-order valence-electron chi connectivity index (χ0n) is 14.6. The maximum absolute atomic E-state index is 13.0. The van der Waals surface area contributed by atoms with Gasteiger partial charge in [-0.2, -0.15) is 0 Å². The van der Waals surface area contributed by atoms with Gasteiger partial charge in [0.15, 0.2) is 5.82 Å². The molecule has 7 heteroatoms. The molecular weight excluding hydrogens is 349 g/mol. The molecule has 1 aliphatic heterocycles. The smallest absolute Gasteiger partial charge is 0.151 e. The lowest BCUT2D eigenvalue weighted by Crippen LogP contribution is -2.46. The van der Waals surface area contributed by atoms with Crippen LogP contribution in [0.3, 0.4) is 0 Å². The van der Waals surface area contributed by atoms with Crippen LogP contribution in [0.25, 0.3) is 11.3 Å². The van der Waals surface area contributed by atoms with Gasteiger partial charge < -0.3 is 4.90 Å². The first kappa shape index (κ1) is 17.1. The fraction of sp³-hybridized carbons (Fsp3) is 0.316. The van der Waals surface area contributed by atoms with Crippen LogP contribution in [0.2, 0.25) is 0 Å². The van der Waals surface area contributed by atoms with Crippen LogP contribution in [0.15, 0.2) is 41.8 Å². The molecule has 3 heterocycles. The molecule has 5 nitrogen and oxygen atoms in total. The largest absolute Gasteiger partial charge is 0.353 e. The monoisotopic (exact) mass is 369 g/mol. The molecule has 3 aromatic rings. The molecule has 4 rings (SSSR count). The molecule has 0 aliphatic carbocycles. The lowest BCUT2D eigenvalue weighted by Gasteiger charge is -2.34. The first-order valence-electron chi connectivity index (χ1n) is 8.65. The van der Waals surface area contributed by atoms with E-state index in [0.717, 1.165) is 60.5 Å². The van der Waals surface area contributed by atoms with Gasteiger partial charge in [0.2, 0.25) is 0 Å². The van der Waals surface area contributed by atoms with Crippen LogP contribution in [0.5, 0.6) is 0 Å². The lowest BCUT2D eigenvalue weighted by molar-refractivity contribution is 0.247. The molecule has 0 spiro atoms. The van der Waals surface area contributed by atoms with E-state index in [2.05, 4.69) is 30.4 Å². The summed E-state index contributed by atoms with van der Waals surface area (Å²) in [6.45, 7) is 6.77. The molecule has 2 aromatic heterocycles. The summed E-state index contributed by atoms with van der Waals surface area (Å²) in [5.74, 6) is 0.643. The zero-order valence-corrected chi connectivity index (χ0v) is 15.4. The van der Waals surface area contributed by atoms with Gasteiger partial charge in [0, 0.05) is 43.7 Å². The summed E-state index contributed by atoms with van der Waals surface area (Å²) >= 11 is 1.70. The van der Waals surface area contributed by atoms with E-state index in [0.29, 0.717) is 0 Å². The molecule has 0 amide bonds. The van der Waals surface area contributed by atoms with E-state index in [4.69, 9.17) is 0 Å². The number of hydrogen-bond donors (Lipinski definition) is 0. The number of rotatable bonds is 4. The van der Waals surface area contributed by atoms with E-state index in [1.54, 1.807) is 23.5 Å². The quantitative estimate of drug-likeness (QED) is 0.706. The fourth-order valence-corrected chi connectivity index (χ4v) is 3.72. The van der Waals surface area contributed by atoms with Gasteiger partial charge in [0.25, 0.3) is 0 Å². The molecule has 1 fully saturated rings. The van der Waals surface area contributed by atoms with Gasteiger partial charge in [-0.3, -0.25) is 4.90 Å². The number of benzene rings is 1. The predicted octanol–water partition coefficient (Wildman–Crippen LogP) is 3.37. The van der Waals surface area contributed by atoms with Gasteiger partial charge in [0.1, 0.15) is 5.82 Å². The van der Waals surface area contributed by atoms with Gasteiger partial charge in [-0.15, -0.1) is 21.5 Å². The third-order valence-electron chi connectivity index (χ3n) is 4.54. The summed E-state index contributed by atoms with van der Waals surface area (Å²) < 4.78 is 13.0. The summed E-state index contributed by atoms with van der Waals surface area (Å²) in [7, 11) is 0. The van der Waals surface area contributed by atoms with Crippen molar-refractivity contribution in [2.75, 3.05) is 31.1 Å². The number of aryl methyl sites for hydroxylation is 1. The normalized spacial score (nSPS) is 15.4. The Balaban J connectivity index is 1.36. The van der Waals surface area contributed by atoms with Crippen LogP contribution in [-0.4, -0.2) is 46.3 Å². The number of piperazine rings is 1. The molecule has 26 heavy (non-hydrogen) atoms. The minimum absolute atomic E-state index is 0.246. The Morgan fingerprint density at radius 2 is 1.77 bits per heavy atom. The SMILES string of the molecule is Cc1nc(CN2CCN(c3ccc(-c4ccc(F)cc4)nn3)CC2)cs1. The van der Waals surface area contributed by atoms with E-state index in [1.807, 2.05) is 19.1 Å². The van der Waals surface area contributed by atoms with Crippen molar-refractivity contribution in [2.24, 2.45) is 0 Å². The molecule has 134 valence electrons. The van der Waals surface area contributed by atoms with Crippen LogP contribution in [0.1, 0.15) is 10.7 Å². The van der Waals surface area contributed by atoms with E-state index < -0.39 is 0 Å². The first-order chi connectivity index (χ1) is 12.7. The number of halogens is 1. The first-order valence-corrected chi connectivity index (χ1v) is 9.53. The van der Waals surface area contributed by atoms with Crippen molar-refractivity contribution in [1.29, 1.82) is 0 Å². The van der Waals surface area contributed by atoms with Crippen molar-refractivity contribution < 1.29 is 4.39 Å². The molecule has 1 saturated heterocycles. The molecule has 0 N–H and O–H groups in total. The minimum atomic E-state index is -0.246. The summed E-state index contributed by atoms with van der Waals surface area (Å²) in [5.41, 5.74) is 2.78. The van der Waals surface area contributed by atoms with Gasteiger partial charge in [-0.05, 0) is 43.3 Å². The predicted molar refractivity (Wildman–Crippen MR) is 102 cm³/mol. The summed E-state index contributed by atoms with van der Waals surface area (Å²) in [6, 6.07) is 10.3. The van der Waals surface area contributed by atoms with Crippen LogP contribution in [0, 0.1) is 12.7 Å². The fourth-order valence-electron chi connectivity index (χ4n) is 3.11. The average molecular weight is 369 g/mol. The lowest BCUT2D eigenvalue weighted by atomic mass is 10.1. The van der Waals surface area contributed by atoms with Crippen molar-refractivity contribution in [1.82, 2.24) is 20.1 Å². The highest BCUT2D eigenvalue weighted by molar-refractivity contribution is 7.09. The maximum atomic E-state index is 13.0. The van der Waals surface area contributed by atoms with E-state index >= 15 is 0 Å². The molecule has 0 atom stereocenters. The Hall–Kier alpha value is -2.38. The van der Waals surface area contributed by atoms with Crippen molar-refractivity contribution in [3.63, 3.8) is 0 Å². The molecule has 0 saturated carbocycles. The third kappa shape index (κ3) is 3.89. The second-order valence-corrected chi connectivity index (χ2v) is 7.47. The highest BCUT2D eigenvalue weighted by Gasteiger charge is 2.19. The van der Waals surface area contributed by atoms with Crippen molar-refractivity contribution in [3.05, 3.63) is 58.3 Å². The topological polar surface area (TPSA) is 45.2 Å². The van der Waals surface area contributed by atoms with Gasteiger partial charge in [-0.1, -0.05) is 0 Å². The second kappa shape index (κ2) is 7.47. The van der Waals surface area contributed by atoms with Crippen molar-refractivity contribution in [2.45, 2.75) is 13.5 Å². The van der Waals surface area contributed by atoms with Gasteiger partial charge in [-0.25, -0.2) is 9.37 Å². The Morgan fingerprint density at radius 1 is 1.00 bits per heavy atom. The number of nitrogens with zero attached hydrogens (tertiary/aromatic N) is 5. The molecule has 0 radical (unpaired) electrons. The van der Waals surface area contributed by atoms with Crippen molar-refractivity contribution >= 4 is 17.2 Å². The molecule has 1 aliphatic rings. The summed E-state index contributed by atoms with van der Waals surface area (Å²) in [4.78, 5) is 9.22. The Bertz CT molecular complexity index is 854. The average Bonchev–Trinajstić information content (AvgIpc) is 3.08. The molecule has 0 bridgehead atoms. The Labute approximate surface area is 156 Å². The minimum Gasteiger partial charge on any atom is -0.353 e. The highest BCUT2D eigenvalue weighted by Crippen LogP contribution is 2.20. The summed E-state index contributed by atoms with van der Waals surface area (Å²) in [5, 5.41) is 11.9. The van der Waals surface area contributed by atoms with Crippen LogP contribution >= 0.6 is 11.3 Å². The number of thiazole rings is 1. The highest BCUT2D eigenvalue weighted by atomic mass is 32.1.